The summed E-state index contributed by atoms with van der Waals surface area (Å²) in [6.45, 7) is 8.94. The highest BCUT2D eigenvalue weighted by Gasteiger charge is 2.31. The van der Waals surface area contributed by atoms with Crippen molar-refractivity contribution in [1.29, 1.82) is 0 Å². The first kappa shape index (κ1) is 14.3. The van der Waals surface area contributed by atoms with Crippen LogP contribution >= 0.6 is 0 Å². The van der Waals surface area contributed by atoms with Gasteiger partial charge in [0, 0.05) is 19.1 Å². The molecule has 0 bridgehead atoms. The van der Waals surface area contributed by atoms with E-state index in [9.17, 15) is 0 Å². The normalized spacial score (nSPS) is 20.3. The number of piperidine rings is 1. The van der Waals surface area contributed by atoms with Crippen molar-refractivity contribution < 1.29 is 0 Å². The zero-order chi connectivity index (χ0) is 13.9. The Morgan fingerprint density at radius 3 is 2.32 bits per heavy atom. The van der Waals surface area contributed by atoms with Gasteiger partial charge in [-0.1, -0.05) is 26.7 Å². The Hall–Kier alpha value is -1.09. The molecule has 3 heteroatoms. The van der Waals surface area contributed by atoms with Gasteiger partial charge in [-0.25, -0.2) is 0 Å². The maximum absolute atomic E-state index is 5.84. The minimum absolute atomic E-state index is 0.0169. The second kappa shape index (κ2) is 5.91. The number of hydrogen-bond acceptors (Lipinski definition) is 3. The first-order valence-electron chi connectivity index (χ1n) is 7.57. The monoisotopic (exact) mass is 261 g/mol. The largest absolute Gasteiger partial charge is 0.370 e. The summed E-state index contributed by atoms with van der Waals surface area (Å²) in [7, 11) is 0. The topological polar surface area (TPSA) is 42.1 Å². The molecule has 1 unspecified atom stereocenters. The van der Waals surface area contributed by atoms with Gasteiger partial charge in [-0.05, 0) is 37.3 Å². The van der Waals surface area contributed by atoms with Crippen molar-refractivity contribution >= 4 is 5.69 Å². The molecule has 1 fully saturated rings. The van der Waals surface area contributed by atoms with Gasteiger partial charge in [0.05, 0.1) is 17.6 Å². The van der Waals surface area contributed by atoms with Gasteiger partial charge in [-0.15, -0.1) is 0 Å². The summed E-state index contributed by atoms with van der Waals surface area (Å²) in [4.78, 5) is 6.92. The first-order chi connectivity index (χ1) is 9.10. The van der Waals surface area contributed by atoms with Crippen LogP contribution in [0.1, 0.15) is 58.2 Å². The van der Waals surface area contributed by atoms with Crippen LogP contribution in [0.2, 0.25) is 0 Å². The highest BCUT2D eigenvalue weighted by atomic mass is 15.1. The number of rotatable bonds is 4. The molecule has 1 saturated heterocycles. The fourth-order valence-electron chi connectivity index (χ4n) is 3.05. The van der Waals surface area contributed by atoms with Crippen LogP contribution in [0.3, 0.4) is 0 Å². The molecule has 0 spiro atoms. The molecular formula is C16H27N3. The lowest BCUT2D eigenvalue weighted by Gasteiger charge is -2.41. The molecule has 1 aromatic heterocycles. The smallest absolute Gasteiger partial charge is 0.0569 e. The lowest BCUT2D eigenvalue weighted by molar-refractivity contribution is 0.199. The van der Waals surface area contributed by atoms with Crippen LogP contribution < -0.4 is 10.6 Å². The van der Waals surface area contributed by atoms with Crippen molar-refractivity contribution in [3.05, 3.63) is 24.0 Å². The Balaban J connectivity index is 2.01. The van der Waals surface area contributed by atoms with Gasteiger partial charge in [-0.2, -0.15) is 0 Å². The van der Waals surface area contributed by atoms with Crippen LogP contribution in [0.4, 0.5) is 5.69 Å². The first-order valence-corrected chi connectivity index (χ1v) is 7.57. The van der Waals surface area contributed by atoms with Crippen LogP contribution in [-0.4, -0.2) is 18.1 Å². The van der Waals surface area contributed by atoms with Gasteiger partial charge in [0.25, 0.3) is 0 Å². The van der Waals surface area contributed by atoms with E-state index in [1.54, 1.807) is 0 Å². The molecule has 1 aliphatic rings. The average Bonchev–Trinajstić information content (AvgIpc) is 2.47. The molecule has 0 amide bonds. The summed E-state index contributed by atoms with van der Waals surface area (Å²) in [6, 6.07) is 4.24. The van der Waals surface area contributed by atoms with Crippen molar-refractivity contribution in [3.63, 3.8) is 0 Å². The van der Waals surface area contributed by atoms with Crippen LogP contribution in [0, 0.1) is 5.41 Å². The fourth-order valence-corrected chi connectivity index (χ4v) is 3.05. The molecule has 1 atom stereocenters. The molecule has 2 rings (SSSR count). The van der Waals surface area contributed by atoms with E-state index in [1.165, 1.54) is 31.4 Å². The molecule has 0 aromatic carbocycles. The van der Waals surface area contributed by atoms with Gasteiger partial charge in [0.1, 0.15) is 0 Å². The summed E-state index contributed by atoms with van der Waals surface area (Å²) in [5, 5.41) is 0. The number of anilines is 1. The molecule has 0 saturated carbocycles. The van der Waals surface area contributed by atoms with Crippen LogP contribution in [0.5, 0.6) is 0 Å². The quantitative estimate of drug-likeness (QED) is 0.902. The van der Waals surface area contributed by atoms with E-state index in [-0.39, 0.29) is 6.04 Å². The van der Waals surface area contributed by atoms with Gasteiger partial charge in [-0.3, -0.25) is 4.98 Å². The number of hydrogen-bond donors (Lipinski definition) is 1. The van der Waals surface area contributed by atoms with E-state index in [0.29, 0.717) is 5.41 Å². The number of nitrogens with zero attached hydrogens (tertiary/aromatic N) is 2. The highest BCUT2D eigenvalue weighted by Crippen LogP contribution is 2.38. The number of nitrogens with two attached hydrogens (primary N) is 1. The van der Waals surface area contributed by atoms with E-state index >= 15 is 0 Å². The SMILES string of the molecule is CCC1(CC)CCN(c2ccc(C(C)N)nc2)CC1. The Morgan fingerprint density at radius 1 is 1.26 bits per heavy atom. The highest BCUT2D eigenvalue weighted by molar-refractivity contribution is 5.45. The standard InChI is InChI=1S/C16H27N3/c1-4-16(5-2)8-10-19(11-9-16)14-6-7-15(13(3)17)18-12-14/h6-7,12-13H,4-5,8-11,17H2,1-3H3. The van der Waals surface area contributed by atoms with Gasteiger partial charge in [0.2, 0.25) is 0 Å². The summed E-state index contributed by atoms with van der Waals surface area (Å²) in [6.07, 6.45) is 7.19. The summed E-state index contributed by atoms with van der Waals surface area (Å²) >= 11 is 0. The van der Waals surface area contributed by atoms with E-state index in [1.807, 2.05) is 13.1 Å². The second-order valence-corrected chi connectivity index (χ2v) is 5.92. The Kier molecular flexibility index (Phi) is 4.46. The third kappa shape index (κ3) is 3.08. The minimum atomic E-state index is 0.0169. The van der Waals surface area contributed by atoms with Crippen molar-refractivity contribution in [2.24, 2.45) is 11.1 Å². The third-order valence-electron chi connectivity index (χ3n) is 4.93. The van der Waals surface area contributed by atoms with E-state index < -0.39 is 0 Å². The van der Waals surface area contributed by atoms with Gasteiger partial charge >= 0.3 is 0 Å². The Labute approximate surface area is 117 Å². The summed E-state index contributed by atoms with van der Waals surface area (Å²) in [5.41, 5.74) is 8.63. The second-order valence-electron chi connectivity index (χ2n) is 5.92. The van der Waals surface area contributed by atoms with Crippen molar-refractivity contribution in [2.75, 3.05) is 18.0 Å². The molecule has 19 heavy (non-hydrogen) atoms. The Bertz CT molecular complexity index is 383. The number of aromatic nitrogens is 1. The fraction of sp³-hybridized carbons (Fsp3) is 0.688. The summed E-state index contributed by atoms with van der Waals surface area (Å²) in [5.74, 6) is 0. The maximum Gasteiger partial charge on any atom is 0.0569 e. The van der Waals surface area contributed by atoms with Crippen LogP contribution in [0.25, 0.3) is 0 Å². The zero-order valence-corrected chi connectivity index (χ0v) is 12.5. The van der Waals surface area contributed by atoms with Gasteiger partial charge < -0.3 is 10.6 Å². The predicted molar refractivity (Wildman–Crippen MR) is 81.3 cm³/mol. The lowest BCUT2D eigenvalue weighted by Crippen LogP contribution is -2.39. The molecule has 106 valence electrons. The molecule has 3 nitrogen and oxygen atoms in total. The molecular weight excluding hydrogens is 234 g/mol. The molecule has 1 aromatic rings. The molecule has 0 radical (unpaired) electrons. The van der Waals surface area contributed by atoms with Crippen LogP contribution in [-0.2, 0) is 0 Å². The number of pyridine rings is 1. The van der Waals surface area contributed by atoms with E-state index in [2.05, 4.69) is 35.9 Å². The summed E-state index contributed by atoms with van der Waals surface area (Å²) < 4.78 is 0. The lowest BCUT2D eigenvalue weighted by atomic mass is 9.74. The minimum Gasteiger partial charge on any atom is -0.370 e. The van der Waals surface area contributed by atoms with Gasteiger partial charge in [0.15, 0.2) is 0 Å². The van der Waals surface area contributed by atoms with E-state index in [4.69, 9.17) is 5.73 Å². The van der Waals surface area contributed by atoms with Crippen molar-refractivity contribution in [3.8, 4) is 0 Å². The molecule has 1 aliphatic heterocycles. The maximum atomic E-state index is 5.84. The van der Waals surface area contributed by atoms with Crippen molar-refractivity contribution in [2.45, 2.75) is 52.5 Å². The predicted octanol–water partition coefficient (Wildman–Crippen LogP) is 3.51. The van der Waals surface area contributed by atoms with E-state index in [0.717, 1.165) is 18.8 Å². The molecule has 0 aliphatic carbocycles. The Morgan fingerprint density at radius 2 is 1.89 bits per heavy atom. The van der Waals surface area contributed by atoms with Crippen LogP contribution in [0.15, 0.2) is 18.3 Å². The zero-order valence-electron chi connectivity index (χ0n) is 12.5. The molecule has 2 N–H and O–H groups in total. The average molecular weight is 261 g/mol. The van der Waals surface area contributed by atoms with Crippen molar-refractivity contribution in [1.82, 2.24) is 4.98 Å². The third-order valence-corrected chi connectivity index (χ3v) is 4.93. The molecule has 2 heterocycles.